The zero-order valence-electron chi connectivity index (χ0n) is 12.9. The number of anilines is 1. The number of nitrogens with two attached hydrogens (primary N) is 1. The van der Waals surface area contributed by atoms with Gasteiger partial charge in [-0.1, -0.05) is 35.7 Å². The number of aryl methyl sites for hydroxylation is 1. The van der Waals surface area contributed by atoms with Gasteiger partial charge < -0.3 is 10.5 Å². The molecule has 0 unspecified atom stereocenters. The first-order chi connectivity index (χ1) is 10.6. The first-order valence-electron chi connectivity index (χ1n) is 7.38. The van der Waals surface area contributed by atoms with Crippen LogP contribution in [0.4, 0.5) is 5.95 Å². The van der Waals surface area contributed by atoms with Crippen LogP contribution in [-0.4, -0.2) is 22.5 Å². The third-order valence-electron chi connectivity index (χ3n) is 3.13. The number of aromatic nitrogens is 2. The monoisotopic (exact) mass is 364 g/mol. The van der Waals surface area contributed by atoms with E-state index in [0.717, 1.165) is 27.9 Å². The molecule has 5 nitrogen and oxygen atoms in total. The largest absolute Gasteiger partial charge is 0.493 e. The molecule has 1 heterocycles. The van der Waals surface area contributed by atoms with Crippen LogP contribution in [0.25, 0.3) is 0 Å². The van der Waals surface area contributed by atoms with Crippen molar-refractivity contribution in [1.82, 2.24) is 9.66 Å². The van der Waals surface area contributed by atoms with Crippen LogP contribution in [0.2, 0.25) is 0 Å². The molecule has 2 rings (SSSR count). The smallest absolute Gasteiger partial charge is 0.221 e. The van der Waals surface area contributed by atoms with Gasteiger partial charge in [0.1, 0.15) is 5.75 Å². The van der Waals surface area contributed by atoms with E-state index in [1.54, 1.807) is 17.1 Å². The Morgan fingerprint density at radius 3 is 2.91 bits per heavy atom. The third kappa shape index (κ3) is 4.59. The number of ether oxygens (including phenoxy) is 1. The highest BCUT2D eigenvalue weighted by atomic mass is 79.9. The minimum atomic E-state index is 0.370. The quantitative estimate of drug-likeness (QED) is 0.596. The minimum absolute atomic E-state index is 0.370. The summed E-state index contributed by atoms with van der Waals surface area (Å²) < 4.78 is 8.38. The van der Waals surface area contributed by atoms with Gasteiger partial charge in [0.25, 0.3) is 0 Å². The van der Waals surface area contributed by atoms with Crippen LogP contribution < -0.4 is 10.5 Å². The molecule has 0 saturated heterocycles. The highest BCUT2D eigenvalue weighted by Gasteiger charge is 2.04. The maximum absolute atomic E-state index is 5.85. The van der Waals surface area contributed by atoms with Crippen LogP contribution in [-0.2, 0) is 0 Å². The van der Waals surface area contributed by atoms with Crippen molar-refractivity contribution < 1.29 is 4.74 Å². The lowest BCUT2D eigenvalue weighted by Gasteiger charge is -2.09. The summed E-state index contributed by atoms with van der Waals surface area (Å²) in [7, 11) is 0. The van der Waals surface area contributed by atoms with Gasteiger partial charge in [0, 0.05) is 10.0 Å². The summed E-state index contributed by atoms with van der Waals surface area (Å²) in [4.78, 5) is 4.12. The molecular weight excluding hydrogens is 344 g/mol. The molecule has 0 saturated carbocycles. The predicted molar refractivity (Wildman–Crippen MR) is 93.5 cm³/mol. The molecule has 1 aromatic heterocycles. The third-order valence-corrected chi connectivity index (χ3v) is 3.63. The summed E-state index contributed by atoms with van der Waals surface area (Å²) >= 11 is 3.47. The summed E-state index contributed by atoms with van der Waals surface area (Å²) in [5.74, 6) is 1.19. The number of rotatable bonds is 7. The molecule has 118 valence electrons. The standard InChI is InChI=1S/C16H21BrN4O/c1-3-4-5-8-22-15-7-6-14(17)9-13(15)10-19-21-11-12(2)20-16(21)18/h6-7,9-11H,3-5,8H2,1-2H3,(H2,18,20). The Morgan fingerprint density at radius 1 is 1.41 bits per heavy atom. The average molecular weight is 365 g/mol. The molecule has 0 aliphatic carbocycles. The van der Waals surface area contributed by atoms with Gasteiger partial charge in [0.2, 0.25) is 5.95 Å². The second-order valence-electron chi connectivity index (χ2n) is 5.07. The fourth-order valence-electron chi connectivity index (χ4n) is 2.01. The maximum atomic E-state index is 5.85. The van der Waals surface area contributed by atoms with Crippen molar-refractivity contribution >= 4 is 28.1 Å². The van der Waals surface area contributed by atoms with Gasteiger partial charge in [-0.15, -0.1) is 0 Å². The molecule has 2 N–H and O–H groups in total. The first-order valence-corrected chi connectivity index (χ1v) is 8.17. The topological polar surface area (TPSA) is 65.4 Å². The van der Waals surface area contributed by atoms with E-state index >= 15 is 0 Å². The van der Waals surface area contributed by atoms with Crippen molar-refractivity contribution in [2.45, 2.75) is 33.1 Å². The Hall–Kier alpha value is -1.82. The summed E-state index contributed by atoms with van der Waals surface area (Å²) in [6.45, 7) is 4.77. The Balaban J connectivity index is 2.14. The van der Waals surface area contributed by atoms with Gasteiger partial charge in [0.05, 0.1) is 24.7 Å². The van der Waals surface area contributed by atoms with Gasteiger partial charge in [0.15, 0.2) is 0 Å². The van der Waals surface area contributed by atoms with Crippen LogP contribution in [0.1, 0.15) is 37.4 Å². The van der Waals surface area contributed by atoms with E-state index in [2.05, 4.69) is 32.9 Å². The van der Waals surface area contributed by atoms with Crippen LogP contribution in [0.3, 0.4) is 0 Å². The van der Waals surface area contributed by atoms with Crippen molar-refractivity contribution in [2.75, 3.05) is 12.3 Å². The Kier molecular flexibility index (Phi) is 6.00. The molecule has 0 atom stereocenters. The number of hydrogen-bond donors (Lipinski definition) is 1. The second kappa shape index (κ2) is 7.98. The number of imidazole rings is 1. The molecule has 1 aromatic carbocycles. The number of nitrogens with zero attached hydrogens (tertiary/aromatic N) is 3. The number of nitrogen functional groups attached to an aromatic ring is 1. The van der Waals surface area contributed by atoms with Gasteiger partial charge in [-0.05, 0) is 31.5 Å². The molecule has 0 aliphatic heterocycles. The zero-order valence-corrected chi connectivity index (χ0v) is 14.5. The van der Waals surface area contributed by atoms with Gasteiger partial charge in [-0.25, -0.2) is 9.66 Å². The molecule has 0 aliphatic rings. The predicted octanol–water partition coefficient (Wildman–Crippen LogP) is 3.99. The number of benzene rings is 1. The van der Waals surface area contributed by atoms with E-state index in [1.165, 1.54) is 12.8 Å². The van der Waals surface area contributed by atoms with Crippen molar-refractivity contribution in [2.24, 2.45) is 5.10 Å². The molecule has 0 amide bonds. The highest BCUT2D eigenvalue weighted by molar-refractivity contribution is 9.10. The summed E-state index contributed by atoms with van der Waals surface area (Å²) in [5.41, 5.74) is 7.52. The van der Waals surface area contributed by atoms with E-state index in [-0.39, 0.29) is 0 Å². The molecular formula is C16H21BrN4O. The Labute approximate surface area is 139 Å². The molecule has 0 bridgehead atoms. The summed E-state index contributed by atoms with van der Waals surface area (Å²) in [6.07, 6.45) is 6.92. The molecule has 0 fully saturated rings. The molecule has 6 heteroatoms. The van der Waals surface area contributed by atoms with Gasteiger partial charge in [-0.3, -0.25) is 0 Å². The lowest BCUT2D eigenvalue weighted by molar-refractivity contribution is 0.306. The number of unbranched alkanes of at least 4 members (excludes halogenated alkanes) is 2. The lowest BCUT2D eigenvalue weighted by Crippen LogP contribution is -2.01. The van der Waals surface area contributed by atoms with Crippen molar-refractivity contribution in [3.63, 3.8) is 0 Å². The normalized spacial score (nSPS) is 11.2. The Bertz CT molecular complexity index is 652. The van der Waals surface area contributed by atoms with Crippen molar-refractivity contribution in [1.29, 1.82) is 0 Å². The van der Waals surface area contributed by atoms with Crippen molar-refractivity contribution in [3.05, 3.63) is 40.1 Å². The van der Waals surface area contributed by atoms with Crippen LogP contribution in [0, 0.1) is 6.92 Å². The average Bonchev–Trinajstić information content (AvgIpc) is 2.81. The maximum Gasteiger partial charge on any atom is 0.221 e. The van der Waals surface area contributed by atoms with Crippen LogP contribution in [0.15, 0.2) is 34.0 Å². The second-order valence-corrected chi connectivity index (χ2v) is 5.98. The van der Waals surface area contributed by atoms with E-state index < -0.39 is 0 Å². The zero-order chi connectivity index (χ0) is 15.9. The lowest BCUT2D eigenvalue weighted by atomic mass is 10.2. The molecule has 0 radical (unpaired) electrons. The van der Waals surface area contributed by atoms with Crippen molar-refractivity contribution in [3.8, 4) is 5.75 Å². The Morgan fingerprint density at radius 2 is 2.23 bits per heavy atom. The van der Waals surface area contributed by atoms with Gasteiger partial charge in [-0.2, -0.15) is 5.10 Å². The van der Waals surface area contributed by atoms with Crippen LogP contribution in [0.5, 0.6) is 5.75 Å². The highest BCUT2D eigenvalue weighted by Crippen LogP contribution is 2.22. The number of hydrogen-bond acceptors (Lipinski definition) is 4. The van der Waals surface area contributed by atoms with E-state index in [4.69, 9.17) is 10.5 Å². The van der Waals surface area contributed by atoms with E-state index in [9.17, 15) is 0 Å². The summed E-state index contributed by atoms with van der Waals surface area (Å²) in [5, 5.41) is 4.35. The molecule has 0 spiro atoms. The number of halogens is 1. The molecule has 2 aromatic rings. The molecule has 22 heavy (non-hydrogen) atoms. The minimum Gasteiger partial charge on any atom is -0.493 e. The van der Waals surface area contributed by atoms with Crippen LogP contribution >= 0.6 is 15.9 Å². The fourth-order valence-corrected chi connectivity index (χ4v) is 2.39. The van der Waals surface area contributed by atoms with E-state index in [0.29, 0.717) is 12.6 Å². The fraction of sp³-hybridized carbons (Fsp3) is 0.375. The first kappa shape index (κ1) is 16.5. The summed E-state index contributed by atoms with van der Waals surface area (Å²) in [6, 6.07) is 5.88. The SMILES string of the molecule is CCCCCOc1ccc(Br)cc1C=Nn1cc(C)nc1N. The van der Waals surface area contributed by atoms with Gasteiger partial charge >= 0.3 is 0 Å². The van der Waals surface area contributed by atoms with E-state index in [1.807, 2.05) is 25.1 Å².